The van der Waals surface area contributed by atoms with Gasteiger partial charge in [0, 0.05) is 6.42 Å². The first kappa shape index (κ1) is 15.0. The minimum atomic E-state index is -0.666. The van der Waals surface area contributed by atoms with Gasteiger partial charge in [-0.15, -0.1) is 6.58 Å². The largest absolute Gasteiger partial charge is 0.368 e. The van der Waals surface area contributed by atoms with Gasteiger partial charge in [-0.2, -0.15) is 0 Å². The van der Waals surface area contributed by atoms with Crippen LogP contribution in [0.1, 0.15) is 25.3 Å². The molecule has 0 aliphatic carbocycles. The first-order valence-corrected chi connectivity index (χ1v) is 6.26. The number of hydrogen-bond acceptors (Lipinski definition) is 2. The molecule has 4 heteroatoms. The van der Waals surface area contributed by atoms with Crippen molar-refractivity contribution in [2.24, 2.45) is 5.73 Å². The van der Waals surface area contributed by atoms with Crippen LogP contribution in [0.25, 0.3) is 0 Å². The van der Waals surface area contributed by atoms with Crippen molar-refractivity contribution in [2.45, 2.75) is 32.2 Å². The molecule has 1 aromatic rings. The number of carbonyl (C=O) groups excluding carboxylic acids is 2. The van der Waals surface area contributed by atoms with E-state index >= 15 is 0 Å². The molecule has 0 aliphatic heterocycles. The van der Waals surface area contributed by atoms with Crippen LogP contribution in [0.3, 0.4) is 0 Å². The molecule has 0 saturated heterocycles. The molecular formula is C15H20N2O2. The molecule has 0 aliphatic rings. The van der Waals surface area contributed by atoms with Crippen LogP contribution in [-0.4, -0.2) is 17.9 Å². The molecule has 2 amide bonds. The molecule has 1 rings (SSSR count). The second-order valence-corrected chi connectivity index (χ2v) is 4.67. The lowest BCUT2D eigenvalue weighted by Gasteiger charge is -2.15. The molecule has 102 valence electrons. The third kappa shape index (κ3) is 5.86. The highest BCUT2D eigenvalue weighted by molar-refractivity contribution is 5.86. The molecule has 0 saturated carbocycles. The van der Waals surface area contributed by atoms with Crippen molar-refractivity contribution in [3.63, 3.8) is 0 Å². The second kappa shape index (κ2) is 7.36. The number of hydrogen-bond donors (Lipinski definition) is 2. The molecule has 0 unspecified atom stereocenters. The van der Waals surface area contributed by atoms with Crippen molar-refractivity contribution >= 4 is 11.8 Å². The van der Waals surface area contributed by atoms with Crippen LogP contribution < -0.4 is 11.1 Å². The van der Waals surface area contributed by atoms with Gasteiger partial charge >= 0.3 is 0 Å². The molecule has 0 aromatic heterocycles. The van der Waals surface area contributed by atoms with Crippen molar-refractivity contribution in [3.8, 4) is 0 Å². The van der Waals surface area contributed by atoms with Crippen LogP contribution >= 0.6 is 0 Å². The Morgan fingerprint density at radius 1 is 1.32 bits per heavy atom. The molecule has 1 aromatic carbocycles. The van der Waals surface area contributed by atoms with Gasteiger partial charge in [-0.1, -0.05) is 35.9 Å². The summed E-state index contributed by atoms with van der Waals surface area (Å²) in [5.41, 5.74) is 7.15. The van der Waals surface area contributed by atoms with Crippen molar-refractivity contribution in [1.29, 1.82) is 0 Å². The van der Waals surface area contributed by atoms with E-state index in [1.807, 2.05) is 30.3 Å². The molecule has 0 radical (unpaired) electrons. The van der Waals surface area contributed by atoms with E-state index in [-0.39, 0.29) is 5.91 Å². The van der Waals surface area contributed by atoms with E-state index in [9.17, 15) is 9.59 Å². The average Bonchev–Trinajstić information content (AvgIpc) is 2.36. The van der Waals surface area contributed by atoms with E-state index in [2.05, 4.69) is 11.9 Å². The number of nitrogens with two attached hydrogens (primary N) is 1. The predicted octanol–water partition coefficient (Wildman–Crippen LogP) is 1.56. The van der Waals surface area contributed by atoms with E-state index in [1.54, 1.807) is 6.92 Å². The zero-order valence-corrected chi connectivity index (χ0v) is 11.2. The molecule has 3 N–H and O–H groups in total. The topological polar surface area (TPSA) is 72.2 Å². The van der Waals surface area contributed by atoms with Crippen LogP contribution in [0.15, 0.2) is 42.5 Å². The van der Waals surface area contributed by atoms with Crippen LogP contribution in [-0.2, 0) is 16.0 Å². The van der Waals surface area contributed by atoms with Gasteiger partial charge in [0.05, 0.1) is 0 Å². The second-order valence-electron chi connectivity index (χ2n) is 4.67. The summed E-state index contributed by atoms with van der Waals surface area (Å²) in [6.07, 6.45) is 1.36. The number of rotatable bonds is 7. The molecular weight excluding hydrogens is 240 g/mol. The number of benzene rings is 1. The van der Waals surface area contributed by atoms with Gasteiger partial charge in [-0.3, -0.25) is 9.59 Å². The van der Waals surface area contributed by atoms with Crippen LogP contribution in [0, 0.1) is 0 Å². The molecule has 4 nitrogen and oxygen atoms in total. The summed E-state index contributed by atoms with van der Waals surface area (Å²) in [4.78, 5) is 23.0. The minimum absolute atomic E-state index is 0.172. The number of nitrogens with one attached hydrogen (secondary N) is 1. The van der Waals surface area contributed by atoms with Gasteiger partial charge in [-0.05, 0) is 25.3 Å². The van der Waals surface area contributed by atoms with Crippen molar-refractivity contribution in [1.82, 2.24) is 5.32 Å². The fourth-order valence-electron chi connectivity index (χ4n) is 1.74. The van der Waals surface area contributed by atoms with Crippen LogP contribution in [0.2, 0.25) is 0 Å². The molecule has 0 bridgehead atoms. The lowest BCUT2D eigenvalue weighted by Crippen LogP contribution is -2.44. The van der Waals surface area contributed by atoms with Gasteiger partial charge < -0.3 is 11.1 Å². The summed E-state index contributed by atoms with van der Waals surface area (Å²) in [5, 5.41) is 2.64. The Balaban J connectivity index is 2.45. The van der Waals surface area contributed by atoms with E-state index in [4.69, 9.17) is 5.73 Å². The molecule has 19 heavy (non-hydrogen) atoms. The minimum Gasteiger partial charge on any atom is -0.368 e. The zero-order valence-electron chi connectivity index (χ0n) is 11.2. The van der Waals surface area contributed by atoms with Crippen molar-refractivity contribution in [2.75, 3.05) is 0 Å². The van der Waals surface area contributed by atoms with E-state index in [1.165, 1.54) is 0 Å². The predicted molar refractivity (Wildman–Crippen MR) is 75.3 cm³/mol. The fraction of sp³-hybridized carbons (Fsp3) is 0.333. The lowest BCUT2D eigenvalue weighted by atomic mass is 10.1. The van der Waals surface area contributed by atoms with Gasteiger partial charge in [0.15, 0.2) is 0 Å². The highest BCUT2D eigenvalue weighted by atomic mass is 16.2. The Bertz CT molecular complexity index is 454. The third-order valence-electron chi connectivity index (χ3n) is 2.71. The Morgan fingerprint density at radius 2 is 1.95 bits per heavy atom. The maximum Gasteiger partial charge on any atom is 0.240 e. The van der Waals surface area contributed by atoms with Gasteiger partial charge in [0.25, 0.3) is 0 Å². The van der Waals surface area contributed by atoms with Gasteiger partial charge in [0.1, 0.15) is 6.04 Å². The maximum absolute atomic E-state index is 11.8. The van der Waals surface area contributed by atoms with Crippen molar-refractivity contribution in [3.05, 3.63) is 48.0 Å². The summed E-state index contributed by atoms with van der Waals surface area (Å²) in [6, 6.07) is 9.06. The lowest BCUT2D eigenvalue weighted by molar-refractivity contribution is -0.127. The van der Waals surface area contributed by atoms with E-state index in [0.29, 0.717) is 19.3 Å². The first-order chi connectivity index (χ1) is 8.99. The summed E-state index contributed by atoms with van der Waals surface area (Å²) < 4.78 is 0. The standard InChI is InChI=1S/C15H20N2O2/c1-11(2)10-13(15(16)19)17-14(18)9-8-12-6-4-3-5-7-12/h3-7,13H,1,8-10H2,2H3,(H2,16,19)(H,17,18)/t13-/m0/s1. The van der Waals surface area contributed by atoms with E-state index in [0.717, 1.165) is 11.1 Å². The van der Waals surface area contributed by atoms with Gasteiger partial charge in [0.2, 0.25) is 11.8 Å². The highest BCUT2D eigenvalue weighted by Crippen LogP contribution is 2.05. The SMILES string of the molecule is C=C(C)C[C@H](NC(=O)CCc1ccccc1)C(N)=O. The summed E-state index contributed by atoms with van der Waals surface area (Å²) in [7, 11) is 0. The molecule has 1 atom stereocenters. The number of amides is 2. The normalized spacial score (nSPS) is 11.6. The molecule has 0 fully saturated rings. The molecule has 0 spiro atoms. The fourth-order valence-corrected chi connectivity index (χ4v) is 1.74. The van der Waals surface area contributed by atoms with Crippen molar-refractivity contribution < 1.29 is 9.59 Å². The van der Waals surface area contributed by atoms with E-state index < -0.39 is 11.9 Å². The highest BCUT2D eigenvalue weighted by Gasteiger charge is 2.17. The number of primary amides is 1. The monoisotopic (exact) mass is 260 g/mol. The van der Waals surface area contributed by atoms with Crippen LogP contribution in [0.5, 0.6) is 0 Å². The van der Waals surface area contributed by atoms with Crippen LogP contribution in [0.4, 0.5) is 0 Å². The Labute approximate surface area is 113 Å². The summed E-state index contributed by atoms with van der Waals surface area (Å²) in [5.74, 6) is -0.704. The summed E-state index contributed by atoms with van der Waals surface area (Å²) in [6.45, 7) is 5.52. The summed E-state index contributed by atoms with van der Waals surface area (Å²) >= 11 is 0. The average molecular weight is 260 g/mol. The third-order valence-corrected chi connectivity index (χ3v) is 2.71. The molecule has 0 heterocycles. The number of aryl methyl sites for hydroxylation is 1. The Morgan fingerprint density at radius 3 is 2.47 bits per heavy atom. The van der Waals surface area contributed by atoms with Gasteiger partial charge in [-0.25, -0.2) is 0 Å². The number of carbonyl (C=O) groups is 2. The Hall–Kier alpha value is -2.10. The first-order valence-electron chi connectivity index (χ1n) is 6.26. The smallest absolute Gasteiger partial charge is 0.240 e. The zero-order chi connectivity index (χ0) is 14.3. The maximum atomic E-state index is 11.8. The quantitative estimate of drug-likeness (QED) is 0.730. The Kier molecular flexibility index (Phi) is 5.79.